The molecule has 2 fully saturated rings. The highest BCUT2D eigenvalue weighted by Gasteiger charge is 2.58. The number of ether oxygens (including phenoxy) is 6. The summed E-state index contributed by atoms with van der Waals surface area (Å²) in [5.74, 6) is -2.97. The molecule has 5 rings (SSSR count). The minimum Gasteiger partial charge on any atom is -0.459 e. The fourth-order valence-corrected chi connectivity index (χ4v) is 4.49. The Morgan fingerprint density at radius 2 is 1.13 bits per heavy atom. The van der Waals surface area contributed by atoms with Crippen molar-refractivity contribution in [2.24, 2.45) is 0 Å². The second-order valence-corrected chi connectivity index (χ2v) is 9.58. The summed E-state index contributed by atoms with van der Waals surface area (Å²) in [6.07, 6.45) is -5.24. The maximum atomic E-state index is 13.1. The number of esters is 3. The average Bonchev–Trinajstić information content (AvgIpc) is 3.28. The molecule has 9 nitrogen and oxygen atoms in total. The average molecular weight is 533 g/mol. The highest BCUT2D eigenvalue weighted by Crippen LogP contribution is 2.39. The minimum absolute atomic E-state index is 0.289. The van der Waals surface area contributed by atoms with Crippen molar-refractivity contribution in [1.82, 2.24) is 0 Å². The molecule has 0 saturated carbocycles. The number of hydrogen-bond donors (Lipinski definition) is 0. The fraction of sp³-hybridized carbons (Fsp3) is 0.300. The topological polar surface area (TPSA) is 107 Å². The summed E-state index contributed by atoms with van der Waals surface area (Å²) in [6, 6.07) is 25.2. The first kappa shape index (κ1) is 26.6. The van der Waals surface area contributed by atoms with Crippen LogP contribution in [0, 0.1) is 0 Å². The molecule has 5 atom stereocenters. The Kier molecular flexibility index (Phi) is 7.74. The Labute approximate surface area is 225 Å². The van der Waals surface area contributed by atoms with E-state index in [1.54, 1.807) is 105 Å². The van der Waals surface area contributed by atoms with Gasteiger partial charge >= 0.3 is 17.9 Å². The predicted molar refractivity (Wildman–Crippen MR) is 137 cm³/mol. The smallest absolute Gasteiger partial charge is 0.338 e. The Morgan fingerprint density at radius 1 is 0.667 bits per heavy atom. The van der Waals surface area contributed by atoms with Crippen LogP contribution in [0.5, 0.6) is 0 Å². The van der Waals surface area contributed by atoms with E-state index in [4.69, 9.17) is 28.4 Å². The highest BCUT2D eigenvalue weighted by atomic mass is 16.8. The number of carbonyl (C=O) groups excluding carboxylic acids is 3. The molecule has 0 bridgehead atoms. The number of hydrogen-bond acceptors (Lipinski definition) is 9. The molecule has 202 valence electrons. The van der Waals surface area contributed by atoms with E-state index in [0.717, 1.165) is 0 Å². The van der Waals surface area contributed by atoms with E-state index >= 15 is 0 Å². The van der Waals surface area contributed by atoms with Gasteiger partial charge in [0.2, 0.25) is 0 Å². The van der Waals surface area contributed by atoms with Crippen molar-refractivity contribution in [3.8, 4) is 0 Å². The predicted octanol–water partition coefficient (Wildman–Crippen LogP) is 4.17. The van der Waals surface area contributed by atoms with E-state index in [2.05, 4.69) is 0 Å². The van der Waals surface area contributed by atoms with Crippen LogP contribution >= 0.6 is 0 Å². The molecule has 0 radical (unpaired) electrons. The molecule has 0 aliphatic carbocycles. The molecule has 2 saturated heterocycles. The first-order valence-corrected chi connectivity index (χ1v) is 12.6. The van der Waals surface area contributed by atoms with Crippen LogP contribution in [-0.4, -0.2) is 61.0 Å². The summed E-state index contributed by atoms with van der Waals surface area (Å²) in [5.41, 5.74) is 0.938. The summed E-state index contributed by atoms with van der Waals surface area (Å²) in [4.78, 5) is 39.0. The van der Waals surface area contributed by atoms with Gasteiger partial charge in [-0.05, 0) is 50.2 Å². The van der Waals surface area contributed by atoms with Gasteiger partial charge in [-0.3, -0.25) is 0 Å². The molecule has 3 aromatic carbocycles. The SMILES string of the molecule is CC1(C)O[C@H]2O[C@H](COC(=O)c3ccccc3)[C@@H](OC(=O)c3ccccc3)[C@H](OC(=O)c3ccccc3)[C@H]2O1. The molecular formula is C30H28O9. The van der Waals surface area contributed by atoms with Crippen molar-refractivity contribution in [2.75, 3.05) is 6.61 Å². The molecule has 0 amide bonds. The lowest BCUT2D eigenvalue weighted by molar-refractivity contribution is -0.255. The molecule has 3 aromatic rings. The Hall–Kier alpha value is -4.05. The molecule has 0 aromatic heterocycles. The molecule has 2 aliphatic rings. The van der Waals surface area contributed by atoms with Crippen LogP contribution in [0.25, 0.3) is 0 Å². The van der Waals surface area contributed by atoms with Crippen LogP contribution in [0.2, 0.25) is 0 Å². The van der Waals surface area contributed by atoms with E-state index in [1.807, 2.05) is 0 Å². The fourth-order valence-electron chi connectivity index (χ4n) is 4.49. The molecule has 2 heterocycles. The van der Waals surface area contributed by atoms with Gasteiger partial charge in [0.15, 0.2) is 30.4 Å². The third-order valence-corrected chi connectivity index (χ3v) is 6.30. The van der Waals surface area contributed by atoms with Gasteiger partial charge in [0, 0.05) is 0 Å². The van der Waals surface area contributed by atoms with Crippen molar-refractivity contribution < 1.29 is 42.8 Å². The van der Waals surface area contributed by atoms with Crippen molar-refractivity contribution in [3.05, 3.63) is 108 Å². The second kappa shape index (κ2) is 11.4. The summed E-state index contributed by atoms with van der Waals surface area (Å²) >= 11 is 0. The van der Waals surface area contributed by atoms with Crippen LogP contribution in [0.1, 0.15) is 44.9 Å². The first-order chi connectivity index (χ1) is 18.8. The Bertz CT molecular complexity index is 1290. The van der Waals surface area contributed by atoms with Crippen LogP contribution in [0.15, 0.2) is 91.0 Å². The maximum absolute atomic E-state index is 13.1. The Balaban J connectivity index is 1.44. The maximum Gasteiger partial charge on any atom is 0.338 e. The molecule has 2 aliphatic heterocycles. The Morgan fingerprint density at radius 3 is 1.64 bits per heavy atom. The normalized spacial score (nSPS) is 25.2. The lowest BCUT2D eigenvalue weighted by atomic mass is 9.98. The van der Waals surface area contributed by atoms with Crippen LogP contribution in [-0.2, 0) is 28.4 Å². The van der Waals surface area contributed by atoms with Gasteiger partial charge in [0.05, 0.1) is 16.7 Å². The lowest BCUT2D eigenvalue weighted by Crippen LogP contribution is -2.60. The zero-order chi connectivity index (χ0) is 27.4. The van der Waals surface area contributed by atoms with Gasteiger partial charge in [-0.1, -0.05) is 54.6 Å². The summed E-state index contributed by atoms with van der Waals surface area (Å²) in [7, 11) is 0. The number of rotatable bonds is 7. The van der Waals surface area contributed by atoms with Gasteiger partial charge in [0.1, 0.15) is 12.7 Å². The van der Waals surface area contributed by atoms with E-state index in [9.17, 15) is 14.4 Å². The zero-order valence-corrected chi connectivity index (χ0v) is 21.4. The van der Waals surface area contributed by atoms with Crippen LogP contribution < -0.4 is 0 Å². The summed E-state index contributed by atoms with van der Waals surface area (Å²) in [6.45, 7) is 3.09. The van der Waals surface area contributed by atoms with Gasteiger partial charge in [-0.2, -0.15) is 0 Å². The summed E-state index contributed by atoms with van der Waals surface area (Å²) in [5, 5.41) is 0. The standard InChI is InChI=1S/C30H28O9/c1-30(2)38-25-24(37-28(33)21-16-10-5-11-17-21)23(36-27(32)20-14-8-4-9-15-20)22(35-29(25)39-30)18-34-26(31)19-12-6-3-7-13-19/h3-17,22-25,29H,18H2,1-2H3/t22-,23-,24+,25-,29-/m1/s1. The zero-order valence-electron chi connectivity index (χ0n) is 21.4. The number of benzene rings is 3. The third kappa shape index (κ3) is 6.17. The van der Waals surface area contributed by atoms with Crippen LogP contribution in [0.4, 0.5) is 0 Å². The van der Waals surface area contributed by atoms with Gasteiger partial charge in [-0.25, -0.2) is 14.4 Å². The van der Waals surface area contributed by atoms with Crippen molar-refractivity contribution in [3.63, 3.8) is 0 Å². The monoisotopic (exact) mass is 532 g/mol. The number of carbonyl (C=O) groups is 3. The van der Waals surface area contributed by atoms with Gasteiger partial charge < -0.3 is 28.4 Å². The molecular weight excluding hydrogens is 504 g/mol. The van der Waals surface area contributed by atoms with E-state index in [1.165, 1.54) is 0 Å². The van der Waals surface area contributed by atoms with Crippen molar-refractivity contribution in [2.45, 2.75) is 50.3 Å². The van der Waals surface area contributed by atoms with Crippen molar-refractivity contribution >= 4 is 17.9 Å². The lowest BCUT2D eigenvalue weighted by Gasteiger charge is -2.41. The van der Waals surface area contributed by atoms with Gasteiger partial charge in [0.25, 0.3) is 0 Å². The van der Waals surface area contributed by atoms with E-state index < -0.39 is 54.4 Å². The largest absolute Gasteiger partial charge is 0.459 e. The molecule has 9 heteroatoms. The molecule has 0 N–H and O–H groups in total. The molecule has 0 unspecified atom stereocenters. The molecule has 39 heavy (non-hydrogen) atoms. The van der Waals surface area contributed by atoms with E-state index in [0.29, 0.717) is 11.1 Å². The quantitative estimate of drug-likeness (QED) is 0.327. The first-order valence-electron chi connectivity index (χ1n) is 12.6. The number of fused-ring (bicyclic) bond motifs is 1. The molecule has 0 spiro atoms. The third-order valence-electron chi connectivity index (χ3n) is 6.30. The van der Waals surface area contributed by atoms with Crippen molar-refractivity contribution in [1.29, 1.82) is 0 Å². The van der Waals surface area contributed by atoms with E-state index in [-0.39, 0.29) is 12.2 Å². The minimum atomic E-state index is -1.19. The second-order valence-electron chi connectivity index (χ2n) is 9.58. The summed E-state index contributed by atoms with van der Waals surface area (Å²) < 4.78 is 35.4. The highest BCUT2D eigenvalue weighted by molar-refractivity contribution is 5.91. The van der Waals surface area contributed by atoms with Crippen LogP contribution in [0.3, 0.4) is 0 Å². The van der Waals surface area contributed by atoms with Gasteiger partial charge in [-0.15, -0.1) is 0 Å².